The van der Waals surface area contributed by atoms with Crippen molar-refractivity contribution in [2.75, 3.05) is 6.54 Å². The van der Waals surface area contributed by atoms with Gasteiger partial charge >= 0.3 is 0 Å². The van der Waals surface area contributed by atoms with E-state index in [1.165, 1.54) is 99.8 Å². The van der Waals surface area contributed by atoms with Gasteiger partial charge in [0.15, 0.2) is 0 Å². The molecule has 1 aliphatic heterocycles. The molecular weight excluding hydrogens is 506 g/mol. The second-order valence-electron chi connectivity index (χ2n) is 13.5. The summed E-state index contributed by atoms with van der Waals surface area (Å²) < 4.78 is 0. The number of rotatable bonds is 8. The zero-order valence-corrected chi connectivity index (χ0v) is 26.9. The van der Waals surface area contributed by atoms with Crippen molar-refractivity contribution in [3.63, 3.8) is 0 Å². The third-order valence-electron chi connectivity index (χ3n) is 10.4. The number of hydrogen-bond donors (Lipinski definition) is 0. The van der Waals surface area contributed by atoms with Crippen molar-refractivity contribution in [2.45, 2.75) is 92.4 Å². The Bertz CT molecular complexity index is 1470. The summed E-state index contributed by atoms with van der Waals surface area (Å²) in [5.74, 6) is 1.16. The van der Waals surface area contributed by atoms with Gasteiger partial charge < -0.3 is 0 Å². The highest BCUT2D eigenvalue weighted by Crippen LogP contribution is 2.51. The highest BCUT2D eigenvalue weighted by molar-refractivity contribution is 5.96. The molecule has 0 amide bonds. The van der Waals surface area contributed by atoms with Gasteiger partial charge in [-0.3, -0.25) is 4.99 Å². The molecule has 5 rings (SSSR count). The molecule has 3 aliphatic rings. The first-order valence-electron chi connectivity index (χ1n) is 16.4. The van der Waals surface area contributed by atoms with Crippen molar-refractivity contribution in [2.24, 2.45) is 22.2 Å². The van der Waals surface area contributed by atoms with Crippen LogP contribution in [0, 0.1) is 31.1 Å². The molecule has 1 nitrogen and oxygen atoms in total. The van der Waals surface area contributed by atoms with Crippen molar-refractivity contribution < 1.29 is 0 Å². The lowest BCUT2D eigenvalue weighted by Gasteiger charge is -2.31. The molecule has 1 fully saturated rings. The van der Waals surface area contributed by atoms with Crippen molar-refractivity contribution in [3.8, 4) is 0 Å². The molecule has 2 aromatic rings. The lowest BCUT2D eigenvalue weighted by molar-refractivity contribution is 0.334. The largest absolute Gasteiger partial charge is 0.288 e. The van der Waals surface area contributed by atoms with Crippen LogP contribution in [-0.2, 0) is 0 Å². The number of hydrogen-bond acceptors (Lipinski definition) is 1. The third kappa shape index (κ3) is 6.12. The predicted octanol–water partition coefficient (Wildman–Crippen LogP) is 11.5. The fourth-order valence-corrected chi connectivity index (χ4v) is 7.77. The standard InChI is InChI=1S/C41H51N/c1-8-9-21-41(22-19-29(3)26-41)31(5)25-39-33(7)37(38-20-23-42-27-35-16-12-14-30(4)40(35)38)18-17-36(39)32(6)34-15-11-10-13-28(2)24-34/h10-12,14,16-18,20,25,27-28,34H,3,6,8-9,13,15,19,21-24,26H2,1-2,4-5,7H3/b31-25+. The SMILES string of the molecule is C=C1CCC(CCCC)(/C(C)=C/c2c(C(=C)C3CC=CCC(C)C3)ccc(C3=CCN=Cc4cccc(C)c43)c2C)C1. The molecule has 1 heteroatoms. The number of unbranched alkanes of at least 4 members (excludes halogenated alkanes) is 1. The van der Waals surface area contributed by atoms with Crippen LogP contribution in [0.15, 0.2) is 77.9 Å². The first kappa shape index (κ1) is 30.3. The summed E-state index contributed by atoms with van der Waals surface area (Å²) in [6.07, 6.45) is 22.4. The van der Waals surface area contributed by atoms with Crippen LogP contribution in [0.4, 0.5) is 0 Å². The number of allylic oxidation sites excluding steroid dienone is 5. The van der Waals surface area contributed by atoms with E-state index >= 15 is 0 Å². The average molecular weight is 558 g/mol. The van der Waals surface area contributed by atoms with E-state index in [0.717, 1.165) is 19.3 Å². The minimum Gasteiger partial charge on any atom is -0.288 e. The maximum absolute atomic E-state index is 4.81. The van der Waals surface area contributed by atoms with Gasteiger partial charge in [-0.15, -0.1) is 0 Å². The average Bonchev–Trinajstić information content (AvgIpc) is 3.11. The van der Waals surface area contributed by atoms with Crippen molar-refractivity contribution in [1.29, 1.82) is 0 Å². The molecule has 0 bridgehead atoms. The van der Waals surface area contributed by atoms with Gasteiger partial charge in [-0.1, -0.05) is 106 Å². The summed E-state index contributed by atoms with van der Waals surface area (Å²) >= 11 is 0. The van der Waals surface area contributed by atoms with Crippen molar-refractivity contribution >= 4 is 23.4 Å². The Hall–Kier alpha value is -3.19. The van der Waals surface area contributed by atoms with Crippen LogP contribution >= 0.6 is 0 Å². The normalized spacial score (nSPS) is 24.3. The van der Waals surface area contributed by atoms with Crippen LogP contribution in [0.2, 0.25) is 0 Å². The van der Waals surface area contributed by atoms with Crippen molar-refractivity contribution in [1.82, 2.24) is 0 Å². The minimum atomic E-state index is 0.228. The van der Waals surface area contributed by atoms with Gasteiger partial charge in [0, 0.05) is 11.8 Å². The van der Waals surface area contributed by atoms with Crippen LogP contribution < -0.4 is 0 Å². The zero-order valence-electron chi connectivity index (χ0n) is 26.9. The Morgan fingerprint density at radius 3 is 2.69 bits per heavy atom. The first-order chi connectivity index (χ1) is 20.2. The molecule has 0 saturated heterocycles. The predicted molar refractivity (Wildman–Crippen MR) is 185 cm³/mol. The van der Waals surface area contributed by atoms with Gasteiger partial charge in [0.2, 0.25) is 0 Å². The first-order valence-corrected chi connectivity index (χ1v) is 16.4. The van der Waals surface area contributed by atoms with E-state index in [1.807, 2.05) is 6.21 Å². The number of fused-ring (bicyclic) bond motifs is 1. The van der Waals surface area contributed by atoms with Gasteiger partial charge in [-0.2, -0.15) is 0 Å². The molecule has 0 aromatic heterocycles. The van der Waals surface area contributed by atoms with Crippen LogP contribution in [0.3, 0.4) is 0 Å². The summed E-state index contributed by atoms with van der Waals surface area (Å²) in [5, 5.41) is 0. The maximum Gasteiger partial charge on any atom is 0.0579 e. The second-order valence-corrected chi connectivity index (χ2v) is 13.5. The Kier molecular flexibility index (Phi) is 9.36. The second kappa shape index (κ2) is 13.0. The number of aryl methyl sites for hydroxylation is 1. The van der Waals surface area contributed by atoms with Gasteiger partial charge in [0.05, 0.1) is 6.54 Å². The van der Waals surface area contributed by atoms with E-state index in [1.54, 1.807) is 0 Å². The van der Waals surface area contributed by atoms with Gasteiger partial charge in [-0.05, 0) is 127 Å². The third-order valence-corrected chi connectivity index (χ3v) is 10.4. The summed E-state index contributed by atoms with van der Waals surface area (Å²) in [7, 11) is 0. The number of nitrogens with zero attached hydrogens (tertiary/aromatic N) is 1. The molecule has 0 radical (unpaired) electrons. The number of aliphatic imine (C=N–C) groups is 1. The Labute approximate surface area is 256 Å². The van der Waals surface area contributed by atoms with Gasteiger partial charge in [0.25, 0.3) is 0 Å². The molecule has 2 aliphatic carbocycles. The summed E-state index contributed by atoms with van der Waals surface area (Å²) in [5.41, 5.74) is 15.0. The highest BCUT2D eigenvalue weighted by Gasteiger charge is 2.37. The van der Waals surface area contributed by atoms with E-state index in [-0.39, 0.29) is 5.41 Å². The fourth-order valence-electron chi connectivity index (χ4n) is 7.77. The molecule has 3 atom stereocenters. The molecule has 1 heterocycles. The van der Waals surface area contributed by atoms with Crippen LogP contribution in [-0.4, -0.2) is 12.8 Å². The van der Waals surface area contributed by atoms with E-state index in [9.17, 15) is 0 Å². The minimum absolute atomic E-state index is 0.228. The Morgan fingerprint density at radius 2 is 1.93 bits per heavy atom. The molecule has 220 valence electrons. The van der Waals surface area contributed by atoms with Crippen LogP contribution in [0.25, 0.3) is 17.2 Å². The molecule has 0 spiro atoms. The van der Waals surface area contributed by atoms with E-state index < -0.39 is 0 Å². The Morgan fingerprint density at radius 1 is 1.12 bits per heavy atom. The fraction of sp³-hybridized carbons (Fsp3) is 0.439. The number of benzene rings is 2. The monoisotopic (exact) mass is 557 g/mol. The quantitative estimate of drug-likeness (QED) is 0.286. The van der Waals surface area contributed by atoms with Gasteiger partial charge in [0.1, 0.15) is 0 Å². The summed E-state index contributed by atoms with van der Waals surface area (Å²) in [4.78, 5) is 4.71. The lowest BCUT2D eigenvalue weighted by atomic mass is 9.73. The summed E-state index contributed by atoms with van der Waals surface area (Å²) in [6.45, 7) is 21.6. The van der Waals surface area contributed by atoms with E-state index in [0.29, 0.717) is 18.4 Å². The molecule has 0 N–H and O–H groups in total. The van der Waals surface area contributed by atoms with Gasteiger partial charge in [-0.25, -0.2) is 0 Å². The molecule has 2 aromatic carbocycles. The van der Waals surface area contributed by atoms with E-state index in [4.69, 9.17) is 11.6 Å². The van der Waals surface area contributed by atoms with Crippen molar-refractivity contribution in [3.05, 3.63) is 112 Å². The lowest BCUT2D eigenvalue weighted by Crippen LogP contribution is -2.18. The Balaban J connectivity index is 1.67. The smallest absolute Gasteiger partial charge is 0.0579 e. The topological polar surface area (TPSA) is 12.4 Å². The summed E-state index contributed by atoms with van der Waals surface area (Å²) in [6, 6.07) is 11.3. The van der Waals surface area contributed by atoms with Crippen LogP contribution in [0.1, 0.15) is 118 Å². The highest BCUT2D eigenvalue weighted by atomic mass is 14.7. The van der Waals surface area contributed by atoms with Crippen LogP contribution in [0.5, 0.6) is 0 Å². The maximum atomic E-state index is 4.81. The molecular formula is C41H51N. The molecule has 1 saturated carbocycles. The van der Waals surface area contributed by atoms with E-state index in [2.05, 4.69) is 95.8 Å². The molecule has 42 heavy (non-hydrogen) atoms. The zero-order chi connectivity index (χ0) is 29.9. The molecule has 3 unspecified atom stereocenters.